The van der Waals surface area contributed by atoms with Gasteiger partial charge < -0.3 is 10.2 Å². The van der Waals surface area contributed by atoms with Crippen molar-refractivity contribution < 1.29 is 10.2 Å². The molecule has 1 rings (SSSR count). The zero-order valence-corrected chi connectivity index (χ0v) is 6.29. The van der Waals surface area contributed by atoms with Crippen LogP contribution in [-0.2, 0) is 0 Å². The van der Waals surface area contributed by atoms with Crippen molar-refractivity contribution in [2.75, 3.05) is 13.2 Å². The smallest absolute Gasteiger partial charge is 0.0459 e. The third-order valence-electron chi connectivity index (χ3n) is 2.41. The van der Waals surface area contributed by atoms with E-state index in [2.05, 4.69) is 0 Å². The van der Waals surface area contributed by atoms with Crippen LogP contribution in [0.25, 0.3) is 0 Å². The Balaban J connectivity index is 2.25. The van der Waals surface area contributed by atoms with Crippen molar-refractivity contribution in [3.8, 4) is 0 Å². The first-order valence-corrected chi connectivity index (χ1v) is 4.08. The Labute approximate surface area is 61.9 Å². The molecule has 60 valence electrons. The average Bonchev–Trinajstić information content (AvgIpc) is 2.05. The molecule has 0 amide bonds. The lowest BCUT2D eigenvalue weighted by Crippen LogP contribution is -2.20. The van der Waals surface area contributed by atoms with Crippen molar-refractivity contribution in [3.63, 3.8) is 0 Å². The van der Waals surface area contributed by atoms with Crippen LogP contribution in [0, 0.1) is 11.8 Å². The predicted molar refractivity (Wildman–Crippen MR) is 39.6 cm³/mol. The number of hydrogen-bond donors (Lipinski definition) is 2. The molecular formula is C8H16O2. The number of hydrogen-bond acceptors (Lipinski definition) is 2. The third-order valence-corrected chi connectivity index (χ3v) is 2.41. The minimum absolute atomic E-state index is 0.302. The van der Waals surface area contributed by atoms with Gasteiger partial charge in [0.25, 0.3) is 0 Å². The summed E-state index contributed by atoms with van der Waals surface area (Å²) in [5.41, 5.74) is 0. The largest absolute Gasteiger partial charge is 0.396 e. The van der Waals surface area contributed by atoms with Crippen LogP contribution in [0.4, 0.5) is 0 Å². The van der Waals surface area contributed by atoms with E-state index < -0.39 is 0 Å². The van der Waals surface area contributed by atoms with Gasteiger partial charge in [0.1, 0.15) is 0 Å². The van der Waals surface area contributed by atoms with E-state index in [4.69, 9.17) is 10.2 Å². The first-order valence-electron chi connectivity index (χ1n) is 4.08. The van der Waals surface area contributed by atoms with Crippen LogP contribution in [0.15, 0.2) is 0 Å². The lowest BCUT2D eigenvalue weighted by atomic mass is 9.82. The summed E-state index contributed by atoms with van der Waals surface area (Å²) in [6.07, 6.45) is 4.49. The average molecular weight is 144 g/mol. The second kappa shape index (κ2) is 3.94. The molecule has 2 atom stereocenters. The van der Waals surface area contributed by atoms with Crippen LogP contribution in [0.3, 0.4) is 0 Å². The molecule has 1 fully saturated rings. The minimum Gasteiger partial charge on any atom is -0.396 e. The van der Waals surface area contributed by atoms with Crippen molar-refractivity contribution in [2.45, 2.75) is 25.7 Å². The second-order valence-corrected chi connectivity index (χ2v) is 3.26. The lowest BCUT2D eigenvalue weighted by molar-refractivity contribution is 0.121. The van der Waals surface area contributed by atoms with E-state index in [1.807, 2.05) is 0 Å². The Morgan fingerprint density at radius 3 is 1.90 bits per heavy atom. The van der Waals surface area contributed by atoms with Gasteiger partial charge in [-0.3, -0.25) is 0 Å². The van der Waals surface area contributed by atoms with E-state index in [1.54, 1.807) is 0 Å². The summed E-state index contributed by atoms with van der Waals surface area (Å²) in [4.78, 5) is 0. The Kier molecular flexibility index (Phi) is 3.16. The van der Waals surface area contributed by atoms with Crippen LogP contribution < -0.4 is 0 Å². The molecular weight excluding hydrogens is 128 g/mol. The number of rotatable bonds is 2. The van der Waals surface area contributed by atoms with Gasteiger partial charge >= 0.3 is 0 Å². The van der Waals surface area contributed by atoms with E-state index in [-0.39, 0.29) is 0 Å². The number of aliphatic hydroxyl groups is 2. The fourth-order valence-electron chi connectivity index (χ4n) is 1.73. The van der Waals surface area contributed by atoms with Gasteiger partial charge in [0.15, 0.2) is 0 Å². The van der Waals surface area contributed by atoms with Crippen molar-refractivity contribution in [1.29, 1.82) is 0 Å². The fourth-order valence-corrected chi connectivity index (χ4v) is 1.73. The topological polar surface area (TPSA) is 40.5 Å². The lowest BCUT2D eigenvalue weighted by Gasteiger charge is -2.26. The van der Waals surface area contributed by atoms with Gasteiger partial charge in [0.2, 0.25) is 0 Å². The first kappa shape index (κ1) is 8.02. The minimum atomic E-state index is 0.302. The monoisotopic (exact) mass is 144 g/mol. The van der Waals surface area contributed by atoms with Crippen LogP contribution in [0.1, 0.15) is 25.7 Å². The summed E-state index contributed by atoms with van der Waals surface area (Å²) >= 11 is 0. The summed E-state index contributed by atoms with van der Waals surface area (Å²) in [6, 6.07) is 0. The van der Waals surface area contributed by atoms with Crippen molar-refractivity contribution in [1.82, 2.24) is 0 Å². The van der Waals surface area contributed by atoms with Crippen molar-refractivity contribution >= 4 is 0 Å². The molecule has 0 aliphatic heterocycles. The zero-order chi connectivity index (χ0) is 7.40. The highest BCUT2D eigenvalue weighted by Crippen LogP contribution is 2.27. The Bertz CT molecular complexity index is 83.3. The molecule has 2 N–H and O–H groups in total. The van der Waals surface area contributed by atoms with Crippen molar-refractivity contribution in [2.24, 2.45) is 11.8 Å². The van der Waals surface area contributed by atoms with Gasteiger partial charge in [-0.15, -0.1) is 0 Å². The molecule has 1 aliphatic rings. The third kappa shape index (κ3) is 1.96. The molecule has 10 heavy (non-hydrogen) atoms. The maximum Gasteiger partial charge on any atom is 0.0459 e. The molecule has 0 bridgehead atoms. The van der Waals surface area contributed by atoms with Gasteiger partial charge in [-0.1, -0.05) is 6.42 Å². The van der Waals surface area contributed by atoms with E-state index >= 15 is 0 Å². The molecule has 0 aromatic rings. The highest BCUT2D eigenvalue weighted by atomic mass is 16.3. The maximum absolute atomic E-state index is 8.82. The molecule has 0 aromatic carbocycles. The molecule has 1 saturated carbocycles. The molecule has 0 aromatic heterocycles. The molecule has 0 heterocycles. The van der Waals surface area contributed by atoms with Crippen LogP contribution in [-0.4, -0.2) is 23.4 Å². The molecule has 1 aliphatic carbocycles. The van der Waals surface area contributed by atoms with Crippen LogP contribution in [0.5, 0.6) is 0 Å². The second-order valence-electron chi connectivity index (χ2n) is 3.26. The van der Waals surface area contributed by atoms with Gasteiger partial charge in [0, 0.05) is 13.2 Å². The molecule has 0 saturated heterocycles. The van der Waals surface area contributed by atoms with Crippen LogP contribution in [0.2, 0.25) is 0 Å². The summed E-state index contributed by atoms with van der Waals surface area (Å²) in [5, 5.41) is 17.6. The van der Waals surface area contributed by atoms with E-state index in [9.17, 15) is 0 Å². The molecule has 0 spiro atoms. The standard InChI is InChI=1S/C8H16O2/c9-5-7-2-1-3-8(4-7)6-10/h7-10H,1-6H2. The summed E-state index contributed by atoms with van der Waals surface area (Å²) in [5.74, 6) is 0.928. The Morgan fingerprint density at radius 1 is 1.00 bits per heavy atom. The zero-order valence-electron chi connectivity index (χ0n) is 6.29. The fraction of sp³-hybridized carbons (Fsp3) is 1.00. The molecule has 2 heteroatoms. The normalized spacial score (nSPS) is 34.2. The highest BCUT2D eigenvalue weighted by molar-refractivity contribution is 4.71. The molecule has 2 unspecified atom stereocenters. The Hall–Kier alpha value is -0.0800. The van der Waals surface area contributed by atoms with Gasteiger partial charge in [-0.05, 0) is 31.1 Å². The van der Waals surface area contributed by atoms with E-state index in [0.717, 1.165) is 19.3 Å². The summed E-state index contributed by atoms with van der Waals surface area (Å²) < 4.78 is 0. The van der Waals surface area contributed by atoms with Crippen LogP contribution >= 0.6 is 0 Å². The summed E-state index contributed by atoms with van der Waals surface area (Å²) in [7, 11) is 0. The summed E-state index contributed by atoms with van der Waals surface area (Å²) in [6.45, 7) is 0.604. The first-order chi connectivity index (χ1) is 4.86. The predicted octanol–water partition coefficient (Wildman–Crippen LogP) is 0.777. The number of aliphatic hydroxyl groups excluding tert-OH is 2. The Morgan fingerprint density at radius 2 is 1.50 bits per heavy atom. The van der Waals surface area contributed by atoms with Gasteiger partial charge in [-0.25, -0.2) is 0 Å². The van der Waals surface area contributed by atoms with E-state index in [1.165, 1.54) is 6.42 Å². The van der Waals surface area contributed by atoms with Gasteiger partial charge in [-0.2, -0.15) is 0 Å². The molecule has 2 nitrogen and oxygen atoms in total. The maximum atomic E-state index is 8.82. The highest BCUT2D eigenvalue weighted by Gasteiger charge is 2.20. The quantitative estimate of drug-likeness (QED) is 0.601. The molecule has 0 radical (unpaired) electrons. The SMILES string of the molecule is OCC1CCCC(CO)C1. The van der Waals surface area contributed by atoms with E-state index in [0.29, 0.717) is 25.0 Å². The van der Waals surface area contributed by atoms with Gasteiger partial charge in [0.05, 0.1) is 0 Å². The van der Waals surface area contributed by atoms with Crippen molar-refractivity contribution in [3.05, 3.63) is 0 Å².